The van der Waals surface area contributed by atoms with Crippen molar-refractivity contribution in [2.24, 2.45) is 19.1 Å². The second-order valence-electron chi connectivity index (χ2n) is 6.93. The molecule has 2 aromatic rings. The summed E-state index contributed by atoms with van der Waals surface area (Å²) in [4.78, 5) is 4.47. The van der Waals surface area contributed by atoms with E-state index in [2.05, 4.69) is 39.3 Å². The number of halogens is 1. The Kier molecular flexibility index (Phi) is 9.62. The topological polar surface area (TPSA) is 105 Å². The summed E-state index contributed by atoms with van der Waals surface area (Å²) in [6.45, 7) is 6.84. The van der Waals surface area contributed by atoms with Gasteiger partial charge in [0, 0.05) is 58.4 Å². The van der Waals surface area contributed by atoms with Crippen molar-refractivity contribution < 1.29 is 8.42 Å². The Morgan fingerprint density at radius 1 is 1.28 bits per heavy atom. The molecule has 2 heterocycles. The molecule has 0 bridgehead atoms. The van der Waals surface area contributed by atoms with E-state index in [0.29, 0.717) is 12.5 Å². The van der Waals surface area contributed by atoms with Crippen LogP contribution in [0, 0.1) is 13.8 Å². The van der Waals surface area contributed by atoms with Gasteiger partial charge in [-0.05, 0) is 38.8 Å². The second-order valence-corrected chi connectivity index (χ2v) is 8.70. The van der Waals surface area contributed by atoms with Crippen LogP contribution in [0.4, 0.5) is 0 Å². The Morgan fingerprint density at radius 3 is 2.48 bits per heavy atom. The average molecular weight is 537 g/mol. The summed E-state index contributed by atoms with van der Waals surface area (Å²) in [5.41, 5.74) is 3.42. The first kappa shape index (κ1) is 25.4. The van der Waals surface area contributed by atoms with E-state index in [9.17, 15) is 8.42 Å². The van der Waals surface area contributed by atoms with Gasteiger partial charge < -0.3 is 15.2 Å². The van der Waals surface area contributed by atoms with Gasteiger partial charge in [-0.25, -0.2) is 13.1 Å². The third-order valence-corrected chi connectivity index (χ3v) is 6.05. The molecule has 0 saturated heterocycles. The van der Waals surface area contributed by atoms with E-state index >= 15 is 0 Å². The van der Waals surface area contributed by atoms with E-state index in [1.165, 1.54) is 5.56 Å². The largest absolute Gasteiger partial charge is 0.356 e. The Balaban J connectivity index is 0.00000420. The van der Waals surface area contributed by atoms with E-state index in [-0.39, 0.29) is 41.5 Å². The molecule has 164 valence electrons. The number of aliphatic imine (C=N–C) groups is 1. The smallest absolute Gasteiger partial charge is 0.242 e. The van der Waals surface area contributed by atoms with Crippen LogP contribution in [-0.2, 0) is 30.5 Å². The summed E-state index contributed by atoms with van der Waals surface area (Å²) in [5.74, 6) is 0.630. The monoisotopic (exact) mass is 537 g/mol. The molecule has 1 unspecified atom stereocenters. The summed E-state index contributed by atoms with van der Waals surface area (Å²) >= 11 is 0. The predicted octanol–water partition coefficient (Wildman–Crippen LogP) is 1.07. The van der Waals surface area contributed by atoms with Gasteiger partial charge in [-0.2, -0.15) is 5.10 Å². The lowest BCUT2D eigenvalue weighted by Crippen LogP contribution is -2.45. The zero-order valence-corrected chi connectivity index (χ0v) is 21.0. The molecular formula is C18H32IN7O2S. The number of hydrogen-bond acceptors (Lipinski definition) is 4. The van der Waals surface area contributed by atoms with Crippen molar-refractivity contribution in [3.05, 3.63) is 35.4 Å². The van der Waals surface area contributed by atoms with Crippen LogP contribution < -0.4 is 15.4 Å². The lowest BCUT2D eigenvalue weighted by molar-refractivity contribution is 0.579. The maximum Gasteiger partial charge on any atom is 0.242 e. The summed E-state index contributed by atoms with van der Waals surface area (Å²) in [6, 6.07) is 1.72. The Labute approximate surface area is 190 Å². The third kappa shape index (κ3) is 7.00. The van der Waals surface area contributed by atoms with Crippen LogP contribution in [0.3, 0.4) is 0 Å². The van der Waals surface area contributed by atoms with Crippen LogP contribution in [0.25, 0.3) is 0 Å². The highest BCUT2D eigenvalue weighted by Crippen LogP contribution is 2.14. The van der Waals surface area contributed by atoms with Crippen LogP contribution in [0.15, 0.2) is 28.3 Å². The molecule has 0 spiro atoms. The quantitative estimate of drug-likeness (QED) is 0.202. The second kappa shape index (κ2) is 11.0. The van der Waals surface area contributed by atoms with Crippen molar-refractivity contribution in [1.29, 1.82) is 0 Å². The SMILES string of the molecule is CN=C(NCCNS(=O)(=O)c1ccn(C)c1)NC(C)Cc1c(C)nn(C)c1C.I. The highest BCUT2D eigenvalue weighted by atomic mass is 127. The highest BCUT2D eigenvalue weighted by Gasteiger charge is 2.15. The maximum atomic E-state index is 12.2. The molecule has 0 aliphatic rings. The first-order valence-electron chi connectivity index (χ1n) is 9.22. The first-order chi connectivity index (χ1) is 13.1. The molecule has 9 nitrogen and oxygen atoms in total. The third-order valence-electron chi connectivity index (χ3n) is 4.60. The fourth-order valence-electron chi connectivity index (χ4n) is 2.98. The van der Waals surface area contributed by atoms with E-state index in [1.807, 2.05) is 18.7 Å². The van der Waals surface area contributed by atoms with Gasteiger partial charge in [0.25, 0.3) is 0 Å². The number of aryl methyl sites for hydroxylation is 3. The molecule has 0 saturated carbocycles. The molecule has 0 aliphatic heterocycles. The van der Waals surface area contributed by atoms with Crippen molar-refractivity contribution in [2.75, 3.05) is 20.1 Å². The van der Waals surface area contributed by atoms with Crippen molar-refractivity contribution in [3.63, 3.8) is 0 Å². The molecule has 2 aromatic heterocycles. The predicted molar refractivity (Wildman–Crippen MR) is 126 cm³/mol. The van der Waals surface area contributed by atoms with E-state index in [4.69, 9.17) is 0 Å². The normalized spacial score (nSPS) is 13.1. The van der Waals surface area contributed by atoms with Gasteiger partial charge in [-0.1, -0.05) is 0 Å². The van der Waals surface area contributed by atoms with Crippen molar-refractivity contribution in [1.82, 2.24) is 29.7 Å². The number of hydrogen-bond donors (Lipinski definition) is 3. The maximum absolute atomic E-state index is 12.2. The van der Waals surface area contributed by atoms with Gasteiger partial charge >= 0.3 is 0 Å². The molecule has 0 amide bonds. The number of guanidine groups is 1. The van der Waals surface area contributed by atoms with Crippen LogP contribution in [0.2, 0.25) is 0 Å². The summed E-state index contributed by atoms with van der Waals surface area (Å²) in [5, 5.41) is 10.9. The van der Waals surface area contributed by atoms with Crippen LogP contribution in [0.5, 0.6) is 0 Å². The van der Waals surface area contributed by atoms with Crippen LogP contribution in [-0.4, -0.2) is 54.9 Å². The molecule has 1 atom stereocenters. The zero-order valence-electron chi connectivity index (χ0n) is 17.9. The minimum Gasteiger partial charge on any atom is -0.356 e. The number of nitrogens with one attached hydrogen (secondary N) is 3. The van der Waals surface area contributed by atoms with Crippen molar-refractivity contribution in [3.8, 4) is 0 Å². The molecule has 0 fully saturated rings. The molecule has 3 N–H and O–H groups in total. The average Bonchev–Trinajstić information content (AvgIpc) is 3.17. The van der Waals surface area contributed by atoms with Crippen LogP contribution >= 0.6 is 24.0 Å². The summed E-state index contributed by atoms with van der Waals surface area (Å²) in [6.07, 6.45) is 4.10. The van der Waals surface area contributed by atoms with Gasteiger partial charge in [0.05, 0.1) is 10.6 Å². The lowest BCUT2D eigenvalue weighted by Gasteiger charge is -2.18. The molecule has 2 rings (SSSR count). The number of sulfonamides is 1. The standard InChI is InChI=1S/C18H31N7O2S.HI/c1-13(11-17-14(2)23-25(6)15(17)3)22-18(19-4)20-8-9-21-28(26,27)16-7-10-24(5)12-16;/h7,10,12-13,21H,8-9,11H2,1-6H3,(H2,19,20,22);1H. The van der Waals surface area contributed by atoms with Gasteiger partial charge in [-0.3, -0.25) is 9.67 Å². The van der Waals surface area contributed by atoms with Gasteiger partial charge in [0.2, 0.25) is 10.0 Å². The van der Waals surface area contributed by atoms with Crippen molar-refractivity contribution >= 4 is 40.0 Å². The minimum atomic E-state index is -3.50. The number of aromatic nitrogens is 3. The summed E-state index contributed by atoms with van der Waals surface area (Å²) < 4.78 is 30.6. The molecule has 11 heteroatoms. The lowest BCUT2D eigenvalue weighted by atomic mass is 10.1. The van der Waals surface area contributed by atoms with Gasteiger partial charge in [0.15, 0.2) is 5.96 Å². The number of nitrogens with zero attached hydrogens (tertiary/aromatic N) is 4. The molecule has 0 aromatic carbocycles. The molecule has 0 aliphatic carbocycles. The summed E-state index contributed by atoms with van der Waals surface area (Å²) in [7, 11) is 1.92. The Morgan fingerprint density at radius 2 is 1.97 bits per heavy atom. The van der Waals surface area contributed by atoms with Crippen LogP contribution in [0.1, 0.15) is 23.9 Å². The minimum absolute atomic E-state index is 0. The number of rotatable bonds is 8. The van der Waals surface area contributed by atoms with Crippen molar-refractivity contribution in [2.45, 2.75) is 38.1 Å². The van der Waals surface area contributed by atoms with Gasteiger partial charge in [-0.15, -0.1) is 24.0 Å². The Hall–Kier alpha value is -1.60. The molecular weight excluding hydrogens is 505 g/mol. The highest BCUT2D eigenvalue weighted by molar-refractivity contribution is 14.0. The fraction of sp³-hybridized carbons (Fsp3) is 0.556. The van der Waals surface area contributed by atoms with E-state index in [1.54, 1.807) is 37.1 Å². The molecule has 0 radical (unpaired) electrons. The first-order valence-corrected chi connectivity index (χ1v) is 10.7. The van der Waals surface area contributed by atoms with E-state index in [0.717, 1.165) is 17.8 Å². The Bertz CT molecular complexity index is 934. The molecule has 29 heavy (non-hydrogen) atoms. The zero-order chi connectivity index (χ0) is 20.9. The fourth-order valence-corrected chi connectivity index (χ4v) is 4.07. The van der Waals surface area contributed by atoms with Gasteiger partial charge in [0.1, 0.15) is 0 Å². The van der Waals surface area contributed by atoms with E-state index < -0.39 is 10.0 Å².